The second kappa shape index (κ2) is 10.4. The number of cyclic esters (lactones) is 1. The number of hydrogen-bond acceptors (Lipinski definition) is 8. The number of benzene rings is 3. The molecule has 2 heterocycles. The van der Waals surface area contributed by atoms with Crippen LogP contribution in [0.25, 0.3) is 33.2 Å². The molecule has 1 aromatic heterocycles. The van der Waals surface area contributed by atoms with E-state index in [2.05, 4.69) is 28.5 Å². The van der Waals surface area contributed by atoms with E-state index >= 15 is 0 Å². The molecule has 1 amide bonds. The van der Waals surface area contributed by atoms with Gasteiger partial charge in [0.05, 0.1) is 37.7 Å². The summed E-state index contributed by atoms with van der Waals surface area (Å²) >= 11 is 0. The maximum absolute atomic E-state index is 12.1. The SMILES string of the molecule is COc1cc(N2CCOC2=O)ccc1-c1ccc(OC)c(-c2ccc3c(NC(C)C4CC4)c(C#N)nnc3c2)c1. The van der Waals surface area contributed by atoms with Gasteiger partial charge in [0.1, 0.15) is 24.2 Å². The van der Waals surface area contributed by atoms with Crippen molar-refractivity contribution in [1.29, 1.82) is 5.26 Å². The molecule has 4 aromatic rings. The van der Waals surface area contributed by atoms with Gasteiger partial charge in [-0.3, -0.25) is 4.90 Å². The summed E-state index contributed by atoms with van der Waals surface area (Å²) in [4.78, 5) is 13.6. The van der Waals surface area contributed by atoms with Gasteiger partial charge in [0.15, 0.2) is 5.69 Å². The number of ether oxygens (including phenoxy) is 3. The van der Waals surface area contributed by atoms with Crippen molar-refractivity contribution in [3.8, 4) is 39.8 Å². The fraction of sp³-hybridized carbons (Fsp3) is 0.290. The predicted molar refractivity (Wildman–Crippen MR) is 153 cm³/mol. The maximum atomic E-state index is 12.1. The molecular weight excluding hydrogens is 506 g/mol. The van der Waals surface area contributed by atoms with Crippen molar-refractivity contribution in [1.82, 2.24) is 10.2 Å². The zero-order valence-electron chi connectivity index (χ0n) is 22.6. The van der Waals surface area contributed by atoms with Gasteiger partial charge in [-0.2, -0.15) is 5.26 Å². The Bertz CT molecular complexity index is 1660. The van der Waals surface area contributed by atoms with Gasteiger partial charge in [0.25, 0.3) is 0 Å². The first-order valence-electron chi connectivity index (χ1n) is 13.3. The number of nitrogens with one attached hydrogen (secondary N) is 1. The molecule has 1 atom stereocenters. The van der Waals surface area contributed by atoms with Crippen LogP contribution in [0.2, 0.25) is 0 Å². The number of fused-ring (bicyclic) bond motifs is 1. The molecule has 1 unspecified atom stereocenters. The molecule has 3 aromatic carbocycles. The zero-order chi connectivity index (χ0) is 27.8. The minimum Gasteiger partial charge on any atom is -0.496 e. The van der Waals surface area contributed by atoms with E-state index in [1.807, 2.05) is 54.6 Å². The van der Waals surface area contributed by atoms with Crippen LogP contribution < -0.4 is 19.7 Å². The van der Waals surface area contributed by atoms with E-state index in [1.165, 1.54) is 12.8 Å². The average molecular weight is 536 g/mol. The number of carbonyl (C=O) groups is 1. The Balaban J connectivity index is 1.40. The van der Waals surface area contributed by atoms with Crippen LogP contribution in [-0.2, 0) is 4.74 Å². The fourth-order valence-corrected chi connectivity index (χ4v) is 5.26. The fourth-order valence-electron chi connectivity index (χ4n) is 5.26. The highest BCUT2D eigenvalue weighted by molar-refractivity contribution is 5.96. The van der Waals surface area contributed by atoms with Crippen molar-refractivity contribution in [2.75, 3.05) is 37.6 Å². The van der Waals surface area contributed by atoms with Crippen LogP contribution in [0, 0.1) is 17.2 Å². The molecule has 2 aliphatic rings. The summed E-state index contributed by atoms with van der Waals surface area (Å²) in [5.74, 6) is 1.97. The van der Waals surface area contributed by atoms with E-state index in [0.29, 0.717) is 41.8 Å². The summed E-state index contributed by atoms with van der Waals surface area (Å²) < 4.78 is 16.5. The van der Waals surface area contributed by atoms with Crippen LogP contribution in [0.1, 0.15) is 25.5 Å². The number of methoxy groups -OCH3 is 2. The molecule has 9 heteroatoms. The minimum absolute atomic E-state index is 0.258. The Morgan fingerprint density at radius 2 is 1.77 bits per heavy atom. The lowest BCUT2D eigenvalue weighted by atomic mass is 9.96. The van der Waals surface area contributed by atoms with Gasteiger partial charge in [-0.15, -0.1) is 10.2 Å². The summed E-state index contributed by atoms with van der Waals surface area (Å²) in [6, 6.07) is 20.0. The van der Waals surface area contributed by atoms with Crippen LogP contribution >= 0.6 is 0 Å². The quantitative estimate of drug-likeness (QED) is 0.292. The molecule has 0 bridgehead atoms. The van der Waals surface area contributed by atoms with Gasteiger partial charge in [0.2, 0.25) is 0 Å². The van der Waals surface area contributed by atoms with Gasteiger partial charge in [-0.05, 0) is 73.2 Å². The van der Waals surface area contributed by atoms with Crippen LogP contribution in [-0.4, -0.2) is 49.7 Å². The highest BCUT2D eigenvalue weighted by Crippen LogP contribution is 2.41. The van der Waals surface area contributed by atoms with Gasteiger partial charge >= 0.3 is 6.09 Å². The Morgan fingerprint density at radius 1 is 1.00 bits per heavy atom. The van der Waals surface area contributed by atoms with Crippen molar-refractivity contribution < 1.29 is 19.0 Å². The van der Waals surface area contributed by atoms with Crippen molar-refractivity contribution in [3.63, 3.8) is 0 Å². The summed E-state index contributed by atoms with van der Waals surface area (Å²) in [6.45, 7) is 3.02. The van der Waals surface area contributed by atoms with Crippen LogP contribution in [0.4, 0.5) is 16.2 Å². The van der Waals surface area contributed by atoms with Crippen LogP contribution in [0.5, 0.6) is 11.5 Å². The number of hydrogen-bond donors (Lipinski definition) is 1. The number of aromatic nitrogens is 2. The molecule has 1 saturated heterocycles. The molecule has 9 nitrogen and oxygen atoms in total. The van der Waals surface area contributed by atoms with E-state index in [4.69, 9.17) is 14.2 Å². The number of amides is 1. The Labute approximate surface area is 232 Å². The van der Waals surface area contributed by atoms with Crippen molar-refractivity contribution in [2.45, 2.75) is 25.8 Å². The van der Waals surface area contributed by atoms with E-state index < -0.39 is 0 Å². The van der Waals surface area contributed by atoms with Crippen LogP contribution in [0.15, 0.2) is 54.6 Å². The Hall–Kier alpha value is -4.84. The number of nitrogens with zero attached hydrogens (tertiary/aromatic N) is 4. The molecular formula is C31H29N5O4. The smallest absolute Gasteiger partial charge is 0.414 e. The van der Waals surface area contributed by atoms with E-state index in [0.717, 1.165) is 39.0 Å². The van der Waals surface area contributed by atoms with E-state index in [9.17, 15) is 10.1 Å². The second-order valence-corrected chi connectivity index (χ2v) is 10.1. The minimum atomic E-state index is -0.358. The third kappa shape index (κ3) is 4.62. The third-order valence-corrected chi connectivity index (χ3v) is 7.65. The Kier molecular flexibility index (Phi) is 6.60. The molecule has 6 rings (SSSR count). The standard InChI is InChI=1S/C31H29N5O4/c1-18(19-4-5-19)33-30-24-9-6-21(15-26(24)34-35-27(30)17-32)25-14-20(7-11-28(25)38-2)23-10-8-22(16-29(23)39-3)36-12-13-40-31(36)37/h6-11,14-16,18-19H,4-5,12-13H2,1-3H3,(H,33,34). The average Bonchev–Trinajstić information content (AvgIpc) is 3.76. The van der Waals surface area contributed by atoms with Gasteiger partial charge < -0.3 is 19.5 Å². The first-order valence-corrected chi connectivity index (χ1v) is 13.3. The monoisotopic (exact) mass is 535 g/mol. The second-order valence-electron chi connectivity index (χ2n) is 10.1. The summed E-state index contributed by atoms with van der Waals surface area (Å²) in [6.07, 6.45) is 2.04. The van der Waals surface area contributed by atoms with E-state index in [1.54, 1.807) is 19.1 Å². The summed E-state index contributed by atoms with van der Waals surface area (Å²) in [5.41, 5.74) is 6.02. The largest absolute Gasteiger partial charge is 0.496 e. The lowest BCUT2D eigenvalue weighted by molar-refractivity contribution is 0.181. The van der Waals surface area contributed by atoms with Crippen molar-refractivity contribution >= 4 is 28.4 Å². The zero-order valence-corrected chi connectivity index (χ0v) is 22.6. The molecule has 40 heavy (non-hydrogen) atoms. The molecule has 2 fully saturated rings. The number of carbonyl (C=O) groups excluding carboxylic acids is 1. The molecule has 1 N–H and O–H groups in total. The third-order valence-electron chi connectivity index (χ3n) is 7.65. The predicted octanol–water partition coefficient (Wildman–Crippen LogP) is 6.02. The maximum Gasteiger partial charge on any atom is 0.414 e. The lowest BCUT2D eigenvalue weighted by Crippen LogP contribution is -2.23. The number of nitriles is 1. The van der Waals surface area contributed by atoms with Gasteiger partial charge in [-0.25, -0.2) is 4.79 Å². The first-order chi connectivity index (χ1) is 19.5. The Morgan fingerprint density at radius 3 is 2.48 bits per heavy atom. The van der Waals surface area contributed by atoms with Crippen molar-refractivity contribution in [2.24, 2.45) is 5.92 Å². The highest BCUT2D eigenvalue weighted by atomic mass is 16.6. The lowest BCUT2D eigenvalue weighted by Gasteiger charge is -2.18. The summed E-state index contributed by atoms with van der Waals surface area (Å²) in [5, 5.41) is 22.6. The first kappa shape index (κ1) is 25.4. The van der Waals surface area contributed by atoms with E-state index in [-0.39, 0.29) is 12.1 Å². The molecule has 202 valence electrons. The molecule has 0 spiro atoms. The van der Waals surface area contributed by atoms with Crippen LogP contribution in [0.3, 0.4) is 0 Å². The number of anilines is 2. The molecule has 1 aliphatic carbocycles. The van der Waals surface area contributed by atoms with Crippen molar-refractivity contribution in [3.05, 3.63) is 60.3 Å². The molecule has 1 aliphatic heterocycles. The molecule has 1 saturated carbocycles. The highest BCUT2D eigenvalue weighted by Gasteiger charge is 2.29. The topological polar surface area (TPSA) is 110 Å². The summed E-state index contributed by atoms with van der Waals surface area (Å²) in [7, 11) is 3.26. The molecule has 0 radical (unpaired) electrons. The normalized spacial score (nSPS) is 15.4. The van der Waals surface area contributed by atoms with Gasteiger partial charge in [0, 0.05) is 28.6 Å². The van der Waals surface area contributed by atoms with Gasteiger partial charge in [-0.1, -0.05) is 12.1 Å². The number of rotatable bonds is 8.